The number of aryl methyl sites for hydroxylation is 1. The molecule has 2 heterocycles. The second kappa shape index (κ2) is 6.23. The third kappa shape index (κ3) is 3.03. The van der Waals surface area contributed by atoms with Crippen molar-refractivity contribution in [3.63, 3.8) is 0 Å². The van der Waals surface area contributed by atoms with E-state index in [1.165, 1.54) is 12.1 Å². The summed E-state index contributed by atoms with van der Waals surface area (Å²) in [6, 6.07) is 10.3. The molecule has 0 aliphatic heterocycles. The molecule has 0 aliphatic carbocycles. The first-order valence-corrected chi connectivity index (χ1v) is 7.69. The minimum Gasteiger partial charge on any atom is -0.478 e. The molecular formula is C18H18N4O2. The van der Waals surface area contributed by atoms with E-state index in [9.17, 15) is 4.79 Å². The molecule has 3 aromatic rings. The van der Waals surface area contributed by atoms with Crippen LogP contribution in [0.4, 0.5) is 11.5 Å². The van der Waals surface area contributed by atoms with Crippen molar-refractivity contribution in [1.82, 2.24) is 9.38 Å². The van der Waals surface area contributed by atoms with Crippen molar-refractivity contribution in [2.75, 3.05) is 0 Å². The molecule has 1 N–H and O–H groups in total. The Hall–Kier alpha value is -3.02. The molecule has 0 aliphatic rings. The van der Waals surface area contributed by atoms with Crippen molar-refractivity contribution in [2.24, 2.45) is 10.2 Å². The Bertz CT molecular complexity index is 924. The molecule has 122 valence electrons. The van der Waals surface area contributed by atoms with Crippen LogP contribution in [0.1, 0.15) is 41.4 Å². The molecule has 24 heavy (non-hydrogen) atoms. The number of benzene rings is 1. The van der Waals surface area contributed by atoms with E-state index >= 15 is 0 Å². The molecule has 3 rings (SSSR count). The highest BCUT2D eigenvalue weighted by Crippen LogP contribution is 2.29. The van der Waals surface area contributed by atoms with Gasteiger partial charge in [0.15, 0.2) is 5.82 Å². The van der Waals surface area contributed by atoms with Crippen LogP contribution in [0, 0.1) is 6.92 Å². The third-order valence-electron chi connectivity index (χ3n) is 3.69. The first-order chi connectivity index (χ1) is 11.5. The number of pyridine rings is 1. The third-order valence-corrected chi connectivity index (χ3v) is 3.69. The lowest BCUT2D eigenvalue weighted by Gasteiger charge is -2.02. The number of fused-ring (bicyclic) bond motifs is 1. The van der Waals surface area contributed by atoms with E-state index in [4.69, 9.17) is 5.11 Å². The number of rotatable bonds is 4. The fourth-order valence-corrected chi connectivity index (χ4v) is 2.42. The lowest BCUT2D eigenvalue weighted by atomic mass is 10.1. The summed E-state index contributed by atoms with van der Waals surface area (Å²) in [7, 11) is 0. The van der Waals surface area contributed by atoms with Crippen LogP contribution < -0.4 is 0 Å². The Kier molecular flexibility index (Phi) is 4.12. The summed E-state index contributed by atoms with van der Waals surface area (Å²) < 4.78 is 1.93. The van der Waals surface area contributed by atoms with Crippen LogP contribution >= 0.6 is 0 Å². The highest BCUT2D eigenvalue weighted by atomic mass is 16.4. The Morgan fingerprint density at radius 1 is 1.12 bits per heavy atom. The van der Waals surface area contributed by atoms with Gasteiger partial charge in [-0.05, 0) is 48.7 Å². The van der Waals surface area contributed by atoms with Crippen LogP contribution in [-0.4, -0.2) is 20.5 Å². The van der Waals surface area contributed by atoms with Gasteiger partial charge in [0.1, 0.15) is 5.65 Å². The van der Waals surface area contributed by atoms with Crippen molar-refractivity contribution in [1.29, 1.82) is 0 Å². The molecule has 0 amide bonds. The summed E-state index contributed by atoms with van der Waals surface area (Å²) in [4.78, 5) is 15.5. The summed E-state index contributed by atoms with van der Waals surface area (Å²) in [5.74, 6) is -0.0441. The predicted octanol–water partition coefficient (Wildman–Crippen LogP) is 4.88. The molecular weight excluding hydrogens is 304 g/mol. The van der Waals surface area contributed by atoms with Crippen LogP contribution in [0.2, 0.25) is 0 Å². The highest BCUT2D eigenvalue weighted by Gasteiger charge is 2.15. The summed E-state index contributed by atoms with van der Waals surface area (Å²) >= 11 is 0. The van der Waals surface area contributed by atoms with Gasteiger partial charge in [0.05, 0.1) is 16.9 Å². The average molecular weight is 322 g/mol. The zero-order valence-electron chi connectivity index (χ0n) is 13.8. The summed E-state index contributed by atoms with van der Waals surface area (Å²) in [6.07, 6.45) is 1.98. The van der Waals surface area contributed by atoms with Crippen molar-refractivity contribution in [3.8, 4) is 0 Å². The second-order valence-corrected chi connectivity index (χ2v) is 5.96. The summed E-state index contributed by atoms with van der Waals surface area (Å²) in [6.45, 7) is 6.14. The number of hydrogen-bond acceptors (Lipinski definition) is 4. The zero-order valence-corrected chi connectivity index (χ0v) is 13.8. The lowest BCUT2D eigenvalue weighted by molar-refractivity contribution is 0.0697. The SMILES string of the molecule is Cc1ccc2nc(C(C)C)c(N=Nc3ccc(C(=O)O)cc3)n2c1. The second-order valence-electron chi connectivity index (χ2n) is 5.96. The highest BCUT2D eigenvalue weighted by molar-refractivity contribution is 5.87. The van der Waals surface area contributed by atoms with E-state index in [1.807, 2.05) is 29.7 Å². The van der Waals surface area contributed by atoms with E-state index in [1.54, 1.807) is 12.1 Å². The van der Waals surface area contributed by atoms with Gasteiger partial charge < -0.3 is 5.11 Å². The van der Waals surface area contributed by atoms with Crippen molar-refractivity contribution in [2.45, 2.75) is 26.7 Å². The Balaban J connectivity index is 2.03. The van der Waals surface area contributed by atoms with Gasteiger partial charge in [-0.2, -0.15) is 0 Å². The maximum absolute atomic E-state index is 10.9. The number of nitrogens with zero attached hydrogens (tertiary/aromatic N) is 4. The number of carboxylic acid groups (broad SMARTS) is 1. The molecule has 0 radical (unpaired) electrons. The van der Waals surface area contributed by atoms with E-state index in [2.05, 4.69) is 29.1 Å². The minimum absolute atomic E-state index is 0.216. The number of carbonyl (C=O) groups is 1. The molecule has 0 unspecified atom stereocenters. The Labute approximate surface area is 139 Å². The van der Waals surface area contributed by atoms with Gasteiger partial charge in [-0.1, -0.05) is 19.9 Å². The van der Waals surface area contributed by atoms with Gasteiger partial charge in [-0.15, -0.1) is 10.2 Å². The number of carboxylic acids is 1. The first kappa shape index (κ1) is 15.9. The van der Waals surface area contributed by atoms with Gasteiger partial charge in [0.2, 0.25) is 0 Å². The fourth-order valence-electron chi connectivity index (χ4n) is 2.42. The van der Waals surface area contributed by atoms with Crippen LogP contribution in [-0.2, 0) is 0 Å². The first-order valence-electron chi connectivity index (χ1n) is 7.69. The predicted molar refractivity (Wildman–Crippen MR) is 91.6 cm³/mol. The maximum atomic E-state index is 10.9. The molecule has 2 aromatic heterocycles. The zero-order chi connectivity index (χ0) is 17.3. The normalized spacial score (nSPS) is 11.7. The van der Waals surface area contributed by atoms with Gasteiger partial charge in [0, 0.05) is 6.20 Å². The van der Waals surface area contributed by atoms with Crippen LogP contribution in [0.15, 0.2) is 52.8 Å². The van der Waals surface area contributed by atoms with E-state index in [0.717, 1.165) is 16.9 Å². The van der Waals surface area contributed by atoms with Crippen LogP contribution in [0.25, 0.3) is 5.65 Å². The molecule has 1 aromatic carbocycles. The summed E-state index contributed by atoms with van der Waals surface area (Å²) in [5, 5.41) is 17.6. The lowest BCUT2D eigenvalue weighted by Crippen LogP contribution is -1.94. The number of aromatic carboxylic acids is 1. The molecule has 0 saturated carbocycles. The monoisotopic (exact) mass is 322 g/mol. The van der Waals surface area contributed by atoms with E-state index < -0.39 is 5.97 Å². The summed E-state index contributed by atoms with van der Waals surface area (Å²) in [5.41, 5.74) is 3.64. The standard InChI is InChI=1S/C18H18N4O2/c1-11(2)16-17(22-10-12(3)4-9-15(22)19-16)21-20-14-7-5-13(6-8-14)18(23)24/h4-11H,1-3H3,(H,23,24). The van der Waals surface area contributed by atoms with Crippen LogP contribution in [0.5, 0.6) is 0 Å². The fraction of sp³-hybridized carbons (Fsp3) is 0.222. The van der Waals surface area contributed by atoms with Gasteiger partial charge >= 0.3 is 5.97 Å². The number of azo groups is 1. The molecule has 6 nitrogen and oxygen atoms in total. The van der Waals surface area contributed by atoms with Gasteiger partial charge in [-0.25, -0.2) is 9.78 Å². The molecule has 0 fully saturated rings. The average Bonchev–Trinajstić information content (AvgIpc) is 2.91. The van der Waals surface area contributed by atoms with Gasteiger partial charge in [-0.3, -0.25) is 4.40 Å². The smallest absolute Gasteiger partial charge is 0.335 e. The van der Waals surface area contributed by atoms with Crippen molar-refractivity contribution < 1.29 is 9.90 Å². The number of aromatic nitrogens is 2. The minimum atomic E-state index is -0.960. The van der Waals surface area contributed by atoms with Gasteiger partial charge in [0.25, 0.3) is 0 Å². The molecule has 6 heteroatoms. The van der Waals surface area contributed by atoms with Crippen LogP contribution in [0.3, 0.4) is 0 Å². The quantitative estimate of drug-likeness (QED) is 0.695. The topological polar surface area (TPSA) is 79.3 Å². The Morgan fingerprint density at radius 2 is 1.83 bits per heavy atom. The molecule has 0 atom stereocenters. The molecule has 0 spiro atoms. The van der Waals surface area contributed by atoms with Crippen molar-refractivity contribution >= 4 is 23.1 Å². The van der Waals surface area contributed by atoms with E-state index in [0.29, 0.717) is 11.5 Å². The van der Waals surface area contributed by atoms with E-state index in [-0.39, 0.29) is 11.5 Å². The molecule has 0 bridgehead atoms. The Morgan fingerprint density at radius 3 is 2.46 bits per heavy atom. The maximum Gasteiger partial charge on any atom is 0.335 e. The number of imidazole rings is 1. The largest absolute Gasteiger partial charge is 0.478 e. The number of hydrogen-bond donors (Lipinski definition) is 1. The van der Waals surface area contributed by atoms with Crippen molar-refractivity contribution in [3.05, 3.63) is 59.4 Å². The molecule has 0 saturated heterocycles.